The van der Waals surface area contributed by atoms with Crippen LogP contribution in [0, 0.1) is 0 Å². The van der Waals surface area contributed by atoms with Crippen molar-refractivity contribution in [1.82, 2.24) is 4.90 Å². The summed E-state index contributed by atoms with van der Waals surface area (Å²) in [5.74, 6) is 0.233. The molecule has 118 valence electrons. The molecule has 0 fully saturated rings. The highest BCUT2D eigenvalue weighted by molar-refractivity contribution is 5.82. The number of carbonyl (C=O) groups excluding carboxylic acids is 1. The van der Waals surface area contributed by atoms with Gasteiger partial charge in [-0.25, -0.2) is 0 Å². The summed E-state index contributed by atoms with van der Waals surface area (Å²) in [4.78, 5) is 14.4. The van der Waals surface area contributed by atoms with E-state index in [0.717, 1.165) is 31.4 Å². The summed E-state index contributed by atoms with van der Waals surface area (Å²) >= 11 is 0. The van der Waals surface area contributed by atoms with Gasteiger partial charge in [-0.15, -0.1) is 0 Å². The number of nitrogens with two attached hydrogens (primary N) is 1. The molecule has 1 rings (SSSR count). The van der Waals surface area contributed by atoms with Gasteiger partial charge < -0.3 is 15.7 Å². The van der Waals surface area contributed by atoms with Gasteiger partial charge in [-0.2, -0.15) is 0 Å². The Hall–Kier alpha value is -1.55. The molecule has 0 bridgehead atoms. The van der Waals surface area contributed by atoms with Crippen molar-refractivity contribution in [3.8, 4) is 5.75 Å². The first-order valence-corrected chi connectivity index (χ1v) is 7.79. The SMILES string of the molecule is CCCCCN(C(=O)[C@H](N)Cc1ccc(O)cc1)C(C)C. The maximum Gasteiger partial charge on any atom is 0.240 e. The number of benzene rings is 1. The van der Waals surface area contributed by atoms with E-state index in [-0.39, 0.29) is 17.7 Å². The molecule has 0 saturated heterocycles. The summed E-state index contributed by atoms with van der Waals surface area (Å²) < 4.78 is 0. The molecule has 0 aromatic heterocycles. The second-order valence-electron chi connectivity index (χ2n) is 5.81. The summed E-state index contributed by atoms with van der Waals surface area (Å²) in [6.07, 6.45) is 3.78. The van der Waals surface area contributed by atoms with E-state index >= 15 is 0 Å². The number of unbranched alkanes of at least 4 members (excludes halogenated alkanes) is 2. The van der Waals surface area contributed by atoms with Crippen LogP contribution in [0.5, 0.6) is 5.75 Å². The third-order valence-corrected chi connectivity index (χ3v) is 3.62. The maximum atomic E-state index is 12.5. The summed E-state index contributed by atoms with van der Waals surface area (Å²) in [5.41, 5.74) is 7.04. The zero-order chi connectivity index (χ0) is 15.8. The number of phenols is 1. The Bertz CT molecular complexity index is 429. The Morgan fingerprint density at radius 1 is 1.24 bits per heavy atom. The molecule has 1 aromatic carbocycles. The van der Waals surface area contributed by atoms with Gasteiger partial charge in [0.1, 0.15) is 5.75 Å². The Labute approximate surface area is 128 Å². The fourth-order valence-electron chi connectivity index (χ4n) is 2.34. The number of amides is 1. The molecule has 0 heterocycles. The average Bonchev–Trinajstić information content (AvgIpc) is 2.45. The molecular formula is C17H28N2O2. The van der Waals surface area contributed by atoms with E-state index in [9.17, 15) is 9.90 Å². The molecule has 0 spiro atoms. The fraction of sp³-hybridized carbons (Fsp3) is 0.588. The van der Waals surface area contributed by atoms with Gasteiger partial charge in [0.15, 0.2) is 0 Å². The molecule has 1 atom stereocenters. The second-order valence-corrected chi connectivity index (χ2v) is 5.81. The van der Waals surface area contributed by atoms with E-state index in [1.807, 2.05) is 18.7 Å². The number of rotatable bonds is 8. The van der Waals surface area contributed by atoms with Gasteiger partial charge in [-0.1, -0.05) is 31.9 Å². The van der Waals surface area contributed by atoms with Crippen LogP contribution in [0.1, 0.15) is 45.6 Å². The molecule has 0 aliphatic heterocycles. The lowest BCUT2D eigenvalue weighted by atomic mass is 10.0. The lowest BCUT2D eigenvalue weighted by Crippen LogP contribution is -2.48. The number of carbonyl (C=O) groups is 1. The average molecular weight is 292 g/mol. The first-order chi connectivity index (χ1) is 9.95. The smallest absolute Gasteiger partial charge is 0.240 e. The monoisotopic (exact) mass is 292 g/mol. The topological polar surface area (TPSA) is 66.6 Å². The number of hydrogen-bond donors (Lipinski definition) is 2. The van der Waals surface area contributed by atoms with Crippen LogP contribution in [0.4, 0.5) is 0 Å². The van der Waals surface area contributed by atoms with Gasteiger partial charge in [-0.3, -0.25) is 4.79 Å². The number of nitrogens with zero attached hydrogens (tertiary/aromatic N) is 1. The van der Waals surface area contributed by atoms with Crippen molar-refractivity contribution < 1.29 is 9.90 Å². The molecule has 0 unspecified atom stereocenters. The van der Waals surface area contributed by atoms with Crippen LogP contribution in [0.3, 0.4) is 0 Å². The molecule has 3 N–H and O–H groups in total. The van der Waals surface area contributed by atoms with E-state index in [2.05, 4.69) is 6.92 Å². The molecule has 1 amide bonds. The number of phenolic OH excluding ortho intramolecular Hbond substituents is 1. The van der Waals surface area contributed by atoms with E-state index in [1.165, 1.54) is 0 Å². The second kappa shape index (κ2) is 8.67. The van der Waals surface area contributed by atoms with Crippen LogP contribution >= 0.6 is 0 Å². The van der Waals surface area contributed by atoms with Gasteiger partial charge in [0, 0.05) is 12.6 Å². The molecular weight excluding hydrogens is 264 g/mol. The highest BCUT2D eigenvalue weighted by Gasteiger charge is 2.23. The van der Waals surface area contributed by atoms with Crippen molar-refractivity contribution in [1.29, 1.82) is 0 Å². The van der Waals surface area contributed by atoms with Crippen molar-refractivity contribution in [3.63, 3.8) is 0 Å². The summed E-state index contributed by atoms with van der Waals surface area (Å²) in [6, 6.07) is 6.49. The van der Waals surface area contributed by atoms with Crippen LogP contribution in [0.15, 0.2) is 24.3 Å². The summed E-state index contributed by atoms with van der Waals surface area (Å²) in [7, 11) is 0. The molecule has 0 aliphatic rings. The van der Waals surface area contributed by atoms with Crippen molar-refractivity contribution >= 4 is 5.91 Å². The Morgan fingerprint density at radius 3 is 2.38 bits per heavy atom. The third kappa shape index (κ3) is 5.76. The highest BCUT2D eigenvalue weighted by Crippen LogP contribution is 2.13. The standard InChI is InChI=1S/C17H28N2O2/c1-4-5-6-11-19(13(2)3)17(21)16(18)12-14-7-9-15(20)10-8-14/h7-10,13,16,20H,4-6,11-12,18H2,1-3H3/t16-/m1/s1. The van der Waals surface area contributed by atoms with Crippen LogP contribution in [-0.2, 0) is 11.2 Å². The third-order valence-electron chi connectivity index (χ3n) is 3.62. The molecule has 0 aliphatic carbocycles. The predicted molar refractivity (Wildman–Crippen MR) is 86.2 cm³/mol. The van der Waals surface area contributed by atoms with E-state index in [0.29, 0.717) is 6.42 Å². The minimum Gasteiger partial charge on any atom is -0.508 e. The zero-order valence-corrected chi connectivity index (χ0v) is 13.4. The highest BCUT2D eigenvalue weighted by atomic mass is 16.3. The minimum absolute atomic E-state index is 0.00850. The van der Waals surface area contributed by atoms with Crippen LogP contribution in [0.2, 0.25) is 0 Å². The van der Waals surface area contributed by atoms with Crippen LogP contribution in [0.25, 0.3) is 0 Å². The summed E-state index contributed by atoms with van der Waals surface area (Å²) in [6.45, 7) is 6.97. The van der Waals surface area contributed by atoms with Crippen molar-refractivity contribution in [2.24, 2.45) is 5.73 Å². The first-order valence-electron chi connectivity index (χ1n) is 7.79. The largest absolute Gasteiger partial charge is 0.508 e. The summed E-state index contributed by atoms with van der Waals surface area (Å²) in [5, 5.41) is 9.28. The number of aromatic hydroxyl groups is 1. The van der Waals surface area contributed by atoms with Crippen molar-refractivity contribution in [2.75, 3.05) is 6.54 Å². The van der Waals surface area contributed by atoms with Gasteiger partial charge in [0.2, 0.25) is 5.91 Å². The predicted octanol–water partition coefficient (Wildman–Crippen LogP) is 2.69. The maximum absolute atomic E-state index is 12.5. The van der Waals surface area contributed by atoms with E-state index in [1.54, 1.807) is 24.3 Å². The quantitative estimate of drug-likeness (QED) is 0.724. The van der Waals surface area contributed by atoms with Gasteiger partial charge in [-0.05, 0) is 44.4 Å². The lowest BCUT2D eigenvalue weighted by Gasteiger charge is -2.29. The Morgan fingerprint density at radius 2 is 1.86 bits per heavy atom. The fourth-order valence-corrected chi connectivity index (χ4v) is 2.34. The molecule has 4 nitrogen and oxygen atoms in total. The molecule has 21 heavy (non-hydrogen) atoms. The first kappa shape index (κ1) is 17.5. The van der Waals surface area contributed by atoms with Crippen LogP contribution < -0.4 is 5.73 Å². The number of hydrogen-bond acceptors (Lipinski definition) is 3. The van der Waals surface area contributed by atoms with Crippen molar-refractivity contribution in [3.05, 3.63) is 29.8 Å². The van der Waals surface area contributed by atoms with E-state index in [4.69, 9.17) is 5.73 Å². The molecule has 4 heteroatoms. The zero-order valence-electron chi connectivity index (χ0n) is 13.4. The van der Waals surface area contributed by atoms with Gasteiger partial charge in [0.05, 0.1) is 6.04 Å². The van der Waals surface area contributed by atoms with Gasteiger partial charge >= 0.3 is 0 Å². The van der Waals surface area contributed by atoms with Gasteiger partial charge in [0.25, 0.3) is 0 Å². The van der Waals surface area contributed by atoms with Crippen LogP contribution in [-0.4, -0.2) is 34.5 Å². The minimum atomic E-state index is -0.529. The lowest BCUT2D eigenvalue weighted by molar-refractivity contribution is -0.134. The Balaban J connectivity index is 2.62. The Kier molecular flexibility index (Phi) is 7.23. The molecule has 1 aromatic rings. The molecule has 0 saturated carbocycles. The normalized spacial score (nSPS) is 12.4. The van der Waals surface area contributed by atoms with Crippen molar-refractivity contribution in [2.45, 2.75) is 58.5 Å². The molecule has 0 radical (unpaired) electrons. The van der Waals surface area contributed by atoms with E-state index < -0.39 is 6.04 Å².